The molecule has 10 rings (SSSR count). The number of furan rings is 1. The van der Waals surface area contributed by atoms with Crippen molar-refractivity contribution in [2.45, 2.75) is 0 Å². The Labute approximate surface area is 312 Å². The molecule has 0 saturated carbocycles. The molecule has 0 atom stereocenters. The number of rotatable bonds is 7. The topological polar surface area (TPSA) is 55.1 Å². The highest BCUT2D eigenvalue weighted by molar-refractivity contribution is 6.11. The summed E-state index contributed by atoms with van der Waals surface area (Å²) in [7, 11) is 0. The smallest absolute Gasteiger partial charge is 0.164 e. The van der Waals surface area contributed by atoms with E-state index in [1.54, 1.807) is 0 Å². The summed E-state index contributed by atoms with van der Waals surface area (Å²) >= 11 is 0. The minimum absolute atomic E-state index is 0.585. The van der Waals surface area contributed by atoms with E-state index in [-0.39, 0.29) is 0 Å². The summed E-state index contributed by atoms with van der Waals surface area (Å²) < 4.78 is 6.87. The maximum atomic E-state index is 6.87. The number of anilines is 3. The van der Waals surface area contributed by atoms with Crippen molar-refractivity contribution in [1.82, 2.24) is 15.0 Å². The van der Waals surface area contributed by atoms with E-state index in [1.807, 2.05) is 72.8 Å². The summed E-state index contributed by atoms with van der Waals surface area (Å²) in [5.74, 6) is 1.83. The Morgan fingerprint density at radius 2 is 0.889 bits per heavy atom. The second-order valence-corrected chi connectivity index (χ2v) is 13.3. The Balaban J connectivity index is 1.12. The Hall–Kier alpha value is -7.37. The standard InChI is InChI=1S/C49H32N4O/c1-4-13-33(14-5-1)35-23-27-40(28-24-35)53(41-29-25-34-15-10-11-20-38(34)31-41)44-22-12-21-43-42-30-26-39(32-45(42)54-46(43)44)49-51-47(36-16-6-2-7-17-36)50-48(52-49)37-18-8-3-9-19-37/h1-32H. The molecule has 254 valence electrons. The first-order chi connectivity index (χ1) is 26.7. The Kier molecular flexibility index (Phi) is 7.73. The van der Waals surface area contributed by atoms with Gasteiger partial charge in [0.05, 0.1) is 5.69 Å². The van der Waals surface area contributed by atoms with Crippen LogP contribution in [0.1, 0.15) is 0 Å². The van der Waals surface area contributed by atoms with Gasteiger partial charge in [0.25, 0.3) is 0 Å². The van der Waals surface area contributed by atoms with E-state index < -0.39 is 0 Å². The molecule has 0 aliphatic carbocycles. The van der Waals surface area contributed by atoms with Crippen LogP contribution in [0.2, 0.25) is 0 Å². The Morgan fingerprint density at radius 1 is 0.352 bits per heavy atom. The molecule has 10 aromatic rings. The van der Waals surface area contributed by atoms with Crippen molar-refractivity contribution in [1.29, 1.82) is 0 Å². The van der Waals surface area contributed by atoms with Crippen LogP contribution in [0.15, 0.2) is 199 Å². The summed E-state index contributed by atoms with van der Waals surface area (Å²) in [6, 6.07) is 67.0. The molecular formula is C49H32N4O. The van der Waals surface area contributed by atoms with Crippen molar-refractivity contribution in [3.63, 3.8) is 0 Å². The van der Waals surface area contributed by atoms with Crippen LogP contribution in [0.25, 0.3) is 78.0 Å². The lowest BCUT2D eigenvalue weighted by Gasteiger charge is -2.26. The monoisotopic (exact) mass is 692 g/mol. The minimum atomic E-state index is 0.585. The number of benzene rings is 8. The zero-order chi connectivity index (χ0) is 35.8. The van der Waals surface area contributed by atoms with Crippen LogP contribution in [0.3, 0.4) is 0 Å². The summed E-state index contributed by atoms with van der Waals surface area (Å²) in [5.41, 5.74) is 9.64. The zero-order valence-electron chi connectivity index (χ0n) is 29.2. The van der Waals surface area contributed by atoms with Crippen molar-refractivity contribution >= 4 is 49.8 Å². The van der Waals surface area contributed by atoms with Gasteiger partial charge in [-0.05, 0) is 64.4 Å². The van der Waals surface area contributed by atoms with Gasteiger partial charge in [-0.2, -0.15) is 0 Å². The fourth-order valence-electron chi connectivity index (χ4n) is 7.21. The highest BCUT2D eigenvalue weighted by atomic mass is 16.3. The number of nitrogens with zero attached hydrogens (tertiary/aromatic N) is 4. The lowest BCUT2D eigenvalue weighted by atomic mass is 10.0. The first-order valence-electron chi connectivity index (χ1n) is 18.0. The quantitative estimate of drug-likeness (QED) is 0.166. The predicted octanol–water partition coefficient (Wildman–Crippen LogP) is 13.1. The van der Waals surface area contributed by atoms with E-state index in [9.17, 15) is 0 Å². The van der Waals surface area contributed by atoms with E-state index >= 15 is 0 Å². The summed E-state index contributed by atoms with van der Waals surface area (Å²) in [4.78, 5) is 17.1. The van der Waals surface area contributed by atoms with Gasteiger partial charge in [0.2, 0.25) is 0 Å². The van der Waals surface area contributed by atoms with E-state index in [4.69, 9.17) is 19.4 Å². The van der Waals surface area contributed by atoms with Crippen molar-refractivity contribution < 1.29 is 4.42 Å². The molecule has 5 heteroatoms. The van der Waals surface area contributed by atoms with Crippen molar-refractivity contribution in [3.05, 3.63) is 194 Å². The van der Waals surface area contributed by atoms with Crippen LogP contribution in [0, 0.1) is 0 Å². The van der Waals surface area contributed by atoms with Crippen LogP contribution in [-0.4, -0.2) is 15.0 Å². The molecule has 0 fully saturated rings. The number of aromatic nitrogens is 3. The van der Waals surface area contributed by atoms with Crippen LogP contribution < -0.4 is 4.90 Å². The predicted molar refractivity (Wildman–Crippen MR) is 221 cm³/mol. The number of para-hydroxylation sites is 1. The van der Waals surface area contributed by atoms with Crippen molar-refractivity contribution in [3.8, 4) is 45.3 Å². The summed E-state index contributed by atoms with van der Waals surface area (Å²) in [5, 5.41) is 4.42. The molecular weight excluding hydrogens is 661 g/mol. The molecule has 0 unspecified atom stereocenters. The van der Waals surface area contributed by atoms with Gasteiger partial charge in [0, 0.05) is 38.8 Å². The second kappa shape index (κ2) is 13.3. The van der Waals surface area contributed by atoms with Gasteiger partial charge in [-0.3, -0.25) is 0 Å². The third kappa shape index (κ3) is 5.74. The molecule has 0 radical (unpaired) electrons. The minimum Gasteiger partial charge on any atom is -0.454 e. The molecule has 0 saturated heterocycles. The number of hydrogen-bond acceptors (Lipinski definition) is 5. The molecule has 0 aliphatic rings. The highest BCUT2D eigenvalue weighted by Crippen LogP contribution is 2.43. The van der Waals surface area contributed by atoms with Gasteiger partial charge in [-0.1, -0.05) is 152 Å². The summed E-state index contributed by atoms with van der Waals surface area (Å²) in [6.07, 6.45) is 0. The number of hydrogen-bond donors (Lipinski definition) is 0. The van der Waals surface area contributed by atoms with Crippen LogP contribution in [0.4, 0.5) is 17.1 Å². The van der Waals surface area contributed by atoms with E-state index in [0.29, 0.717) is 17.5 Å². The molecule has 2 aromatic heterocycles. The largest absolute Gasteiger partial charge is 0.454 e. The normalized spacial score (nSPS) is 11.3. The van der Waals surface area contributed by atoms with Crippen molar-refractivity contribution in [2.75, 3.05) is 4.90 Å². The SMILES string of the molecule is c1ccc(-c2ccc(N(c3ccc4ccccc4c3)c3cccc4c3oc3cc(-c5nc(-c6ccccc6)nc(-c6ccccc6)n5)ccc34)cc2)cc1. The van der Waals surface area contributed by atoms with Gasteiger partial charge < -0.3 is 9.32 Å². The maximum absolute atomic E-state index is 6.87. The van der Waals surface area contributed by atoms with Gasteiger partial charge in [-0.15, -0.1) is 0 Å². The lowest BCUT2D eigenvalue weighted by Crippen LogP contribution is -2.10. The molecule has 5 nitrogen and oxygen atoms in total. The maximum Gasteiger partial charge on any atom is 0.164 e. The molecule has 0 bridgehead atoms. The highest BCUT2D eigenvalue weighted by Gasteiger charge is 2.21. The van der Waals surface area contributed by atoms with E-state index in [1.165, 1.54) is 16.3 Å². The average molecular weight is 693 g/mol. The van der Waals surface area contributed by atoms with Gasteiger partial charge >= 0.3 is 0 Å². The molecule has 0 N–H and O–H groups in total. The fourth-order valence-corrected chi connectivity index (χ4v) is 7.21. The molecule has 0 amide bonds. The Morgan fingerprint density at radius 3 is 1.56 bits per heavy atom. The molecule has 54 heavy (non-hydrogen) atoms. The van der Waals surface area contributed by atoms with Gasteiger partial charge in [0.1, 0.15) is 5.58 Å². The third-order valence-corrected chi connectivity index (χ3v) is 9.90. The van der Waals surface area contributed by atoms with E-state index in [2.05, 4.69) is 126 Å². The Bertz CT molecular complexity index is 2870. The average Bonchev–Trinajstić information content (AvgIpc) is 3.63. The molecule has 0 spiro atoms. The molecule has 0 aliphatic heterocycles. The zero-order valence-corrected chi connectivity index (χ0v) is 29.2. The second-order valence-electron chi connectivity index (χ2n) is 13.3. The number of fused-ring (bicyclic) bond motifs is 4. The lowest BCUT2D eigenvalue weighted by molar-refractivity contribution is 0.669. The van der Waals surface area contributed by atoms with Gasteiger partial charge in [0.15, 0.2) is 23.1 Å². The van der Waals surface area contributed by atoms with Crippen LogP contribution >= 0.6 is 0 Å². The molecule has 8 aromatic carbocycles. The van der Waals surface area contributed by atoms with Crippen LogP contribution in [-0.2, 0) is 0 Å². The first-order valence-corrected chi connectivity index (χ1v) is 18.0. The third-order valence-electron chi connectivity index (χ3n) is 9.90. The molecule has 2 heterocycles. The fraction of sp³-hybridized carbons (Fsp3) is 0. The van der Waals surface area contributed by atoms with Crippen molar-refractivity contribution in [2.24, 2.45) is 0 Å². The van der Waals surface area contributed by atoms with E-state index in [0.717, 1.165) is 61.3 Å². The van der Waals surface area contributed by atoms with Crippen LogP contribution in [0.5, 0.6) is 0 Å². The summed E-state index contributed by atoms with van der Waals surface area (Å²) in [6.45, 7) is 0. The van der Waals surface area contributed by atoms with Gasteiger partial charge in [-0.25, -0.2) is 15.0 Å². The first kappa shape index (κ1) is 31.4.